The van der Waals surface area contributed by atoms with Crippen LogP contribution in [0.1, 0.15) is 64.7 Å². The molecule has 2 nitrogen and oxygen atoms in total. The Kier molecular flexibility index (Phi) is 5.79. The van der Waals surface area contributed by atoms with Gasteiger partial charge in [-0.25, -0.2) is 0 Å². The third kappa shape index (κ3) is 4.59. The van der Waals surface area contributed by atoms with Gasteiger partial charge in [-0.05, 0) is 38.1 Å². The highest BCUT2D eigenvalue weighted by Gasteiger charge is 2.40. The van der Waals surface area contributed by atoms with E-state index in [2.05, 4.69) is 12.2 Å². The molecule has 2 aliphatic rings. The van der Waals surface area contributed by atoms with Crippen LogP contribution in [0.25, 0.3) is 0 Å². The van der Waals surface area contributed by atoms with Crippen LogP contribution >= 0.6 is 0 Å². The summed E-state index contributed by atoms with van der Waals surface area (Å²) in [5.74, 6) is 0.888. The smallest absolute Gasteiger partial charge is 0.0756 e. The van der Waals surface area contributed by atoms with Gasteiger partial charge in [0.2, 0.25) is 0 Å². The fraction of sp³-hybridized carbons (Fsp3) is 1.00. The molecule has 1 N–H and O–H groups in total. The fourth-order valence-electron chi connectivity index (χ4n) is 2.91. The molecule has 2 rings (SSSR count). The van der Waals surface area contributed by atoms with Crippen molar-refractivity contribution in [2.75, 3.05) is 13.2 Å². The monoisotopic (exact) mass is 239 g/mol. The molecule has 0 aromatic heterocycles. The molecule has 2 heteroatoms. The molecule has 17 heavy (non-hydrogen) atoms. The minimum Gasteiger partial charge on any atom is -0.376 e. The van der Waals surface area contributed by atoms with Crippen LogP contribution < -0.4 is 5.32 Å². The summed E-state index contributed by atoms with van der Waals surface area (Å²) in [7, 11) is 0. The van der Waals surface area contributed by atoms with Gasteiger partial charge in [0.25, 0.3) is 0 Å². The lowest BCUT2D eigenvalue weighted by Gasteiger charge is -2.19. The van der Waals surface area contributed by atoms with E-state index in [1.807, 2.05) is 0 Å². The molecule has 2 unspecified atom stereocenters. The second-order valence-corrected chi connectivity index (χ2v) is 5.79. The summed E-state index contributed by atoms with van der Waals surface area (Å²) in [5, 5.41) is 3.72. The fourth-order valence-corrected chi connectivity index (χ4v) is 2.91. The molecule has 0 bridgehead atoms. The second-order valence-electron chi connectivity index (χ2n) is 5.79. The Hall–Kier alpha value is -0.0800. The Morgan fingerprint density at radius 2 is 1.76 bits per heavy atom. The highest BCUT2D eigenvalue weighted by Crippen LogP contribution is 2.38. The van der Waals surface area contributed by atoms with Crippen LogP contribution in [-0.2, 0) is 4.74 Å². The molecular weight excluding hydrogens is 210 g/mol. The van der Waals surface area contributed by atoms with Crippen LogP contribution in [0.4, 0.5) is 0 Å². The minimum absolute atomic E-state index is 0.551. The van der Waals surface area contributed by atoms with Gasteiger partial charge in [0.15, 0.2) is 0 Å². The number of rotatable bonds is 9. The first-order valence-electron chi connectivity index (χ1n) is 7.77. The normalized spacial score (nSPS) is 28.8. The topological polar surface area (TPSA) is 21.3 Å². The van der Waals surface area contributed by atoms with E-state index in [0.717, 1.165) is 12.5 Å². The third-order valence-corrected chi connectivity index (χ3v) is 4.16. The summed E-state index contributed by atoms with van der Waals surface area (Å²) in [5.41, 5.74) is 0. The van der Waals surface area contributed by atoms with Crippen molar-refractivity contribution in [3.05, 3.63) is 0 Å². The maximum absolute atomic E-state index is 5.84. The number of unbranched alkanes of at least 4 members (excludes halogenated alkanes) is 5. The summed E-state index contributed by atoms with van der Waals surface area (Å²) in [6.07, 6.45) is 12.9. The van der Waals surface area contributed by atoms with Crippen molar-refractivity contribution in [3.63, 3.8) is 0 Å². The van der Waals surface area contributed by atoms with Gasteiger partial charge in [-0.15, -0.1) is 0 Å². The van der Waals surface area contributed by atoms with E-state index in [1.54, 1.807) is 0 Å². The molecule has 2 atom stereocenters. The second kappa shape index (κ2) is 7.38. The molecule has 0 radical (unpaired) electrons. The molecule has 1 aliphatic carbocycles. The van der Waals surface area contributed by atoms with Crippen molar-refractivity contribution in [2.24, 2.45) is 5.92 Å². The van der Waals surface area contributed by atoms with Crippen LogP contribution in [0.2, 0.25) is 0 Å². The van der Waals surface area contributed by atoms with E-state index >= 15 is 0 Å². The molecule has 1 saturated heterocycles. The minimum atomic E-state index is 0.551. The molecule has 2 fully saturated rings. The maximum atomic E-state index is 5.84. The Balaban J connectivity index is 1.47. The van der Waals surface area contributed by atoms with Gasteiger partial charge in [-0.1, -0.05) is 39.0 Å². The molecule has 0 aromatic carbocycles. The summed E-state index contributed by atoms with van der Waals surface area (Å²) in [6.45, 7) is 4.46. The van der Waals surface area contributed by atoms with E-state index in [1.165, 1.54) is 64.3 Å². The number of nitrogens with one attached hydrogen (secondary N) is 1. The van der Waals surface area contributed by atoms with Crippen LogP contribution in [0, 0.1) is 5.92 Å². The first kappa shape index (κ1) is 13.4. The molecule has 1 saturated carbocycles. The molecule has 0 spiro atoms. The van der Waals surface area contributed by atoms with Gasteiger partial charge in [0, 0.05) is 12.6 Å². The van der Waals surface area contributed by atoms with Crippen molar-refractivity contribution in [1.82, 2.24) is 5.32 Å². The molecule has 1 aliphatic heterocycles. The average molecular weight is 239 g/mol. The van der Waals surface area contributed by atoms with E-state index in [9.17, 15) is 0 Å². The Labute approximate surface area is 107 Å². The van der Waals surface area contributed by atoms with Crippen molar-refractivity contribution in [2.45, 2.75) is 76.9 Å². The summed E-state index contributed by atoms with van der Waals surface area (Å²) >= 11 is 0. The zero-order valence-corrected chi connectivity index (χ0v) is 11.4. The molecule has 1 heterocycles. The SMILES string of the molecule is CCCCCCCCNC1CCOC1C1CC1. The standard InChI is InChI=1S/C15H29NO/c1-2-3-4-5-6-7-11-16-14-10-12-17-15(14)13-8-9-13/h13-16H,2-12H2,1H3. The average Bonchev–Trinajstić information content (AvgIpc) is 3.08. The maximum Gasteiger partial charge on any atom is 0.0756 e. The largest absolute Gasteiger partial charge is 0.376 e. The highest BCUT2D eigenvalue weighted by molar-refractivity contribution is 4.93. The van der Waals surface area contributed by atoms with E-state index in [0.29, 0.717) is 12.1 Å². The molecule has 0 aromatic rings. The lowest BCUT2D eigenvalue weighted by Crippen LogP contribution is -2.38. The van der Waals surface area contributed by atoms with Gasteiger partial charge >= 0.3 is 0 Å². The zero-order valence-electron chi connectivity index (χ0n) is 11.4. The van der Waals surface area contributed by atoms with Gasteiger partial charge in [-0.2, -0.15) is 0 Å². The Morgan fingerprint density at radius 3 is 2.53 bits per heavy atom. The van der Waals surface area contributed by atoms with Gasteiger partial charge < -0.3 is 10.1 Å². The zero-order chi connectivity index (χ0) is 11.9. The quantitative estimate of drug-likeness (QED) is 0.622. The van der Waals surface area contributed by atoms with Crippen LogP contribution in [0.3, 0.4) is 0 Å². The van der Waals surface area contributed by atoms with Gasteiger partial charge in [0.05, 0.1) is 6.10 Å². The van der Waals surface area contributed by atoms with Crippen LogP contribution in [0.15, 0.2) is 0 Å². The number of hydrogen-bond donors (Lipinski definition) is 1. The number of ether oxygens (including phenoxy) is 1. The van der Waals surface area contributed by atoms with Crippen molar-refractivity contribution >= 4 is 0 Å². The van der Waals surface area contributed by atoms with Crippen molar-refractivity contribution in [3.8, 4) is 0 Å². The third-order valence-electron chi connectivity index (χ3n) is 4.16. The van der Waals surface area contributed by atoms with E-state index in [-0.39, 0.29) is 0 Å². The molecular formula is C15H29NO. The van der Waals surface area contributed by atoms with E-state index < -0.39 is 0 Å². The summed E-state index contributed by atoms with van der Waals surface area (Å²) in [6, 6.07) is 0.665. The predicted octanol–water partition coefficient (Wildman–Crippen LogP) is 3.50. The Bertz CT molecular complexity index is 203. The summed E-state index contributed by atoms with van der Waals surface area (Å²) in [4.78, 5) is 0. The van der Waals surface area contributed by atoms with Gasteiger partial charge in [0.1, 0.15) is 0 Å². The van der Waals surface area contributed by atoms with Crippen LogP contribution in [-0.4, -0.2) is 25.3 Å². The molecule has 0 amide bonds. The van der Waals surface area contributed by atoms with Crippen LogP contribution in [0.5, 0.6) is 0 Å². The van der Waals surface area contributed by atoms with Crippen molar-refractivity contribution in [1.29, 1.82) is 0 Å². The number of hydrogen-bond acceptors (Lipinski definition) is 2. The lowest BCUT2D eigenvalue weighted by atomic mass is 10.1. The van der Waals surface area contributed by atoms with Gasteiger partial charge in [-0.3, -0.25) is 0 Å². The lowest BCUT2D eigenvalue weighted by molar-refractivity contribution is 0.0811. The van der Waals surface area contributed by atoms with Crippen molar-refractivity contribution < 1.29 is 4.74 Å². The highest BCUT2D eigenvalue weighted by atomic mass is 16.5. The summed E-state index contributed by atoms with van der Waals surface area (Å²) < 4.78 is 5.84. The first-order chi connectivity index (χ1) is 8.42. The Morgan fingerprint density at radius 1 is 1.00 bits per heavy atom. The predicted molar refractivity (Wildman–Crippen MR) is 72.2 cm³/mol. The molecule has 100 valence electrons. The van der Waals surface area contributed by atoms with E-state index in [4.69, 9.17) is 4.74 Å². The first-order valence-corrected chi connectivity index (χ1v) is 7.77.